The van der Waals surface area contributed by atoms with Crippen molar-refractivity contribution in [2.45, 2.75) is 25.7 Å². The molecule has 0 saturated carbocycles. The van der Waals surface area contributed by atoms with Gasteiger partial charge in [-0.15, -0.1) is 0 Å². The molecule has 1 rings (SSSR count). The summed E-state index contributed by atoms with van der Waals surface area (Å²) in [5, 5.41) is 37.7. The fourth-order valence-corrected chi connectivity index (χ4v) is 2.92. The monoisotopic (exact) mass is 436 g/mol. The van der Waals surface area contributed by atoms with Crippen LogP contribution in [0.4, 0.5) is 0 Å². The van der Waals surface area contributed by atoms with Gasteiger partial charge in [-0.1, -0.05) is 0 Å². The topological polar surface area (TPSA) is 186 Å². The molecule has 1 fully saturated rings. The van der Waals surface area contributed by atoms with E-state index in [0.29, 0.717) is 0 Å². The van der Waals surface area contributed by atoms with Crippen LogP contribution in [0.25, 0.3) is 0 Å². The van der Waals surface area contributed by atoms with Crippen LogP contribution in [-0.2, 0) is 38.1 Å². The van der Waals surface area contributed by atoms with Gasteiger partial charge in [0, 0.05) is 26.4 Å². The Labute approximate surface area is 172 Å². The molecule has 0 aliphatic carbocycles. The lowest BCUT2D eigenvalue weighted by atomic mass is 9.81. The van der Waals surface area contributed by atoms with Gasteiger partial charge in [0.15, 0.2) is 10.8 Å². The summed E-state index contributed by atoms with van der Waals surface area (Å²) in [6.45, 7) is -0.606. The molecule has 0 aromatic carbocycles. The highest BCUT2D eigenvalue weighted by molar-refractivity contribution is 5.98. The lowest BCUT2D eigenvalue weighted by Gasteiger charge is -2.26. The molecule has 0 aromatic rings. The van der Waals surface area contributed by atoms with E-state index in [9.17, 15) is 39.6 Å². The zero-order valence-corrected chi connectivity index (χ0v) is 16.5. The second-order valence-corrected chi connectivity index (χ2v) is 6.83. The fourth-order valence-electron chi connectivity index (χ4n) is 2.92. The molecule has 1 aliphatic rings. The zero-order valence-electron chi connectivity index (χ0n) is 16.5. The van der Waals surface area contributed by atoms with Crippen LogP contribution in [0, 0.1) is 10.8 Å². The molecule has 1 heterocycles. The Balaban J connectivity index is 2.77. The van der Waals surface area contributed by atoms with E-state index in [1.54, 1.807) is 0 Å². The SMILES string of the molecule is O=C(O)C1(C(=O)O)CCOCCOCCC(C(=O)O)(C(=O)O)CCOCCOCC1. The van der Waals surface area contributed by atoms with Gasteiger partial charge in [-0.25, -0.2) is 0 Å². The fraction of sp³-hybridized carbons (Fsp3) is 0.778. The molecule has 0 radical (unpaired) electrons. The van der Waals surface area contributed by atoms with Crippen LogP contribution in [0.5, 0.6) is 0 Å². The third-order valence-corrected chi connectivity index (χ3v) is 5.07. The molecule has 0 unspecified atom stereocenters. The Hall–Kier alpha value is -2.28. The molecule has 4 N–H and O–H groups in total. The molecule has 172 valence electrons. The van der Waals surface area contributed by atoms with E-state index < -0.39 is 34.7 Å². The molecule has 0 bridgehead atoms. The summed E-state index contributed by atoms with van der Waals surface area (Å²) in [5.74, 6) is -5.93. The lowest BCUT2D eigenvalue weighted by molar-refractivity contribution is -0.171. The number of carboxylic acid groups (broad SMARTS) is 4. The maximum Gasteiger partial charge on any atom is 0.321 e. The number of carboxylic acids is 4. The van der Waals surface area contributed by atoms with Crippen molar-refractivity contribution in [1.29, 1.82) is 0 Å². The van der Waals surface area contributed by atoms with E-state index in [2.05, 4.69) is 0 Å². The third-order valence-electron chi connectivity index (χ3n) is 5.07. The highest BCUT2D eigenvalue weighted by Gasteiger charge is 2.47. The predicted molar refractivity (Wildman–Crippen MR) is 97.2 cm³/mol. The summed E-state index contributed by atoms with van der Waals surface area (Å²) in [6.07, 6.45) is -1.12. The van der Waals surface area contributed by atoms with Gasteiger partial charge >= 0.3 is 23.9 Å². The molecule has 1 saturated heterocycles. The molecule has 12 nitrogen and oxygen atoms in total. The van der Waals surface area contributed by atoms with E-state index >= 15 is 0 Å². The standard InChI is InChI=1S/C18H28O12/c19-13(20)17(14(21)22)1-5-27-9-10-29-7-3-18(15(23)24,16(25)26)4-8-30-12-11-28-6-2-17/h1-12H2,(H,19,20)(H,21,22)(H,23,24)(H,25,26). The number of rotatable bonds is 4. The molecule has 0 amide bonds. The van der Waals surface area contributed by atoms with Crippen molar-refractivity contribution in [3.05, 3.63) is 0 Å². The number of ether oxygens (including phenoxy) is 4. The molecule has 0 spiro atoms. The van der Waals surface area contributed by atoms with Gasteiger partial charge in [0.25, 0.3) is 0 Å². The summed E-state index contributed by atoms with van der Waals surface area (Å²) in [6, 6.07) is 0. The van der Waals surface area contributed by atoms with Crippen molar-refractivity contribution in [2.75, 3.05) is 52.9 Å². The first-order valence-corrected chi connectivity index (χ1v) is 9.43. The second-order valence-electron chi connectivity index (χ2n) is 6.83. The minimum Gasteiger partial charge on any atom is -0.480 e. The van der Waals surface area contributed by atoms with Crippen molar-refractivity contribution in [2.24, 2.45) is 10.8 Å². The molecule has 0 atom stereocenters. The predicted octanol–water partition coefficient (Wildman–Crippen LogP) is -0.0620. The van der Waals surface area contributed by atoms with Crippen molar-refractivity contribution < 1.29 is 58.6 Å². The van der Waals surface area contributed by atoms with Crippen molar-refractivity contribution in [3.63, 3.8) is 0 Å². The van der Waals surface area contributed by atoms with E-state index in [-0.39, 0.29) is 78.5 Å². The maximum absolute atomic E-state index is 11.6. The minimum atomic E-state index is -2.05. The van der Waals surface area contributed by atoms with Gasteiger partial charge in [0.05, 0.1) is 26.4 Å². The van der Waals surface area contributed by atoms with Gasteiger partial charge < -0.3 is 39.4 Å². The summed E-state index contributed by atoms with van der Waals surface area (Å²) in [4.78, 5) is 46.3. The third kappa shape index (κ3) is 6.90. The summed E-state index contributed by atoms with van der Waals surface area (Å²) in [7, 11) is 0. The van der Waals surface area contributed by atoms with Crippen LogP contribution in [0.15, 0.2) is 0 Å². The van der Waals surface area contributed by atoms with Gasteiger partial charge in [0.2, 0.25) is 0 Å². The first-order valence-electron chi connectivity index (χ1n) is 9.43. The second kappa shape index (κ2) is 12.4. The van der Waals surface area contributed by atoms with Crippen LogP contribution in [0.1, 0.15) is 25.7 Å². The molecule has 1 aliphatic heterocycles. The maximum atomic E-state index is 11.6. The smallest absolute Gasteiger partial charge is 0.321 e. The number of carbonyl (C=O) groups is 4. The molecular weight excluding hydrogens is 408 g/mol. The number of aliphatic carboxylic acids is 4. The zero-order chi connectivity index (χ0) is 22.6. The summed E-state index contributed by atoms with van der Waals surface area (Å²) >= 11 is 0. The Kier molecular flexibility index (Phi) is 10.7. The Morgan fingerprint density at radius 3 is 0.800 bits per heavy atom. The van der Waals surface area contributed by atoms with Gasteiger partial charge in [0.1, 0.15) is 0 Å². The van der Waals surface area contributed by atoms with Gasteiger partial charge in [-0.3, -0.25) is 19.2 Å². The normalized spacial score (nSPS) is 22.1. The molecule has 30 heavy (non-hydrogen) atoms. The minimum absolute atomic E-state index is 0.00206. The quantitative estimate of drug-likeness (QED) is 0.431. The summed E-state index contributed by atoms with van der Waals surface area (Å²) in [5.41, 5.74) is -4.09. The van der Waals surface area contributed by atoms with E-state index in [1.165, 1.54) is 0 Å². The Morgan fingerprint density at radius 1 is 0.433 bits per heavy atom. The van der Waals surface area contributed by atoms with Crippen LogP contribution in [-0.4, -0.2) is 97.2 Å². The van der Waals surface area contributed by atoms with Gasteiger partial charge in [-0.2, -0.15) is 0 Å². The summed E-state index contributed by atoms with van der Waals surface area (Å²) < 4.78 is 20.9. The number of hydrogen-bond acceptors (Lipinski definition) is 8. The van der Waals surface area contributed by atoms with Crippen LogP contribution in [0.3, 0.4) is 0 Å². The number of hydrogen-bond donors (Lipinski definition) is 4. The molecule has 12 heteroatoms. The van der Waals surface area contributed by atoms with Crippen LogP contribution < -0.4 is 0 Å². The van der Waals surface area contributed by atoms with Crippen LogP contribution >= 0.6 is 0 Å². The van der Waals surface area contributed by atoms with Crippen molar-refractivity contribution in [1.82, 2.24) is 0 Å². The average Bonchev–Trinajstić information content (AvgIpc) is 2.66. The van der Waals surface area contributed by atoms with E-state index in [1.807, 2.05) is 0 Å². The van der Waals surface area contributed by atoms with Crippen molar-refractivity contribution in [3.8, 4) is 0 Å². The first kappa shape index (κ1) is 25.8. The molecule has 0 aromatic heterocycles. The average molecular weight is 436 g/mol. The van der Waals surface area contributed by atoms with Crippen LogP contribution in [0.2, 0.25) is 0 Å². The molecular formula is C18H28O12. The highest BCUT2D eigenvalue weighted by Crippen LogP contribution is 2.29. The lowest BCUT2D eigenvalue weighted by Crippen LogP contribution is -2.42. The van der Waals surface area contributed by atoms with E-state index in [0.717, 1.165) is 0 Å². The Bertz CT molecular complexity index is 498. The van der Waals surface area contributed by atoms with Gasteiger partial charge in [-0.05, 0) is 25.7 Å². The van der Waals surface area contributed by atoms with E-state index in [4.69, 9.17) is 18.9 Å². The Morgan fingerprint density at radius 2 is 0.633 bits per heavy atom. The first-order chi connectivity index (χ1) is 14.2. The largest absolute Gasteiger partial charge is 0.480 e. The van der Waals surface area contributed by atoms with Crippen molar-refractivity contribution >= 4 is 23.9 Å². The highest BCUT2D eigenvalue weighted by atomic mass is 16.5.